The van der Waals surface area contributed by atoms with Crippen molar-refractivity contribution in [3.8, 4) is 23.1 Å². The highest BCUT2D eigenvalue weighted by molar-refractivity contribution is 5.85. The minimum Gasteiger partial charge on any atom is -0.496 e. The molecule has 174 valence electrons. The molecular weight excluding hydrogens is 454 g/mol. The van der Waals surface area contributed by atoms with Gasteiger partial charge in [0.05, 0.1) is 25.2 Å². The second-order valence-electron chi connectivity index (χ2n) is 7.27. The van der Waals surface area contributed by atoms with Gasteiger partial charge in [-0.25, -0.2) is 9.97 Å². The molecular formula is C24H24ClN7O2. The Morgan fingerprint density at radius 1 is 1.06 bits per heavy atom. The average molecular weight is 478 g/mol. The molecule has 0 unspecified atom stereocenters. The summed E-state index contributed by atoms with van der Waals surface area (Å²) in [6, 6.07) is 19.9. The standard InChI is InChI=1S/C24H23N7O2.ClH/c1-33-22-11-17(9-10-26-14-18-5-3-2-4-6-18)7-8-20(22)21-12-23(30-29-21)31(32)24-16-27-19(13-25)15-28-24;/h2-8,11-12,15-16,26,32H,9-10,14H2,1H3,(H,29,30);1H. The van der Waals surface area contributed by atoms with Crippen LogP contribution in [0, 0.1) is 11.3 Å². The van der Waals surface area contributed by atoms with Gasteiger partial charge in [-0.15, -0.1) is 12.4 Å². The van der Waals surface area contributed by atoms with Gasteiger partial charge in [0.2, 0.25) is 0 Å². The van der Waals surface area contributed by atoms with E-state index < -0.39 is 0 Å². The first-order valence-electron chi connectivity index (χ1n) is 10.4. The Bertz CT molecular complexity index is 1240. The van der Waals surface area contributed by atoms with Crippen LogP contribution in [-0.2, 0) is 13.0 Å². The lowest BCUT2D eigenvalue weighted by atomic mass is 10.1. The van der Waals surface area contributed by atoms with Crippen LogP contribution in [0.4, 0.5) is 11.6 Å². The van der Waals surface area contributed by atoms with Crippen LogP contribution in [0.25, 0.3) is 11.3 Å². The summed E-state index contributed by atoms with van der Waals surface area (Å²) in [7, 11) is 1.62. The van der Waals surface area contributed by atoms with Gasteiger partial charge in [-0.1, -0.05) is 36.4 Å². The maximum absolute atomic E-state index is 10.4. The molecule has 2 heterocycles. The van der Waals surface area contributed by atoms with Crippen molar-refractivity contribution in [3.63, 3.8) is 0 Å². The summed E-state index contributed by atoms with van der Waals surface area (Å²) >= 11 is 0. The molecule has 0 saturated carbocycles. The number of anilines is 2. The summed E-state index contributed by atoms with van der Waals surface area (Å²) in [5, 5.41) is 30.6. The number of methoxy groups -OCH3 is 1. The molecule has 0 fully saturated rings. The van der Waals surface area contributed by atoms with Crippen LogP contribution >= 0.6 is 12.4 Å². The third-order valence-electron chi connectivity index (χ3n) is 5.07. The number of hydrogen-bond donors (Lipinski definition) is 3. The molecule has 0 radical (unpaired) electrons. The Labute approximate surface area is 203 Å². The lowest BCUT2D eigenvalue weighted by molar-refractivity contribution is 0.294. The number of H-pyrrole nitrogens is 1. The molecule has 0 spiro atoms. The molecule has 0 atom stereocenters. The number of nitrogens with zero attached hydrogens (tertiary/aromatic N) is 5. The summed E-state index contributed by atoms with van der Waals surface area (Å²) < 4.78 is 5.60. The van der Waals surface area contributed by atoms with Gasteiger partial charge in [-0.3, -0.25) is 10.3 Å². The molecule has 0 aliphatic carbocycles. The van der Waals surface area contributed by atoms with Crippen LogP contribution in [0.1, 0.15) is 16.8 Å². The van der Waals surface area contributed by atoms with E-state index in [4.69, 9.17) is 10.00 Å². The predicted molar refractivity (Wildman–Crippen MR) is 130 cm³/mol. The molecule has 9 nitrogen and oxygen atoms in total. The van der Waals surface area contributed by atoms with Gasteiger partial charge < -0.3 is 10.1 Å². The van der Waals surface area contributed by atoms with Gasteiger partial charge in [-0.05, 0) is 36.2 Å². The van der Waals surface area contributed by atoms with Crippen LogP contribution in [0.3, 0.4) is 0 Å². The lowest BCUT2D eigenvalue weighted by Gasteiger charge is -2.11. The van der Waals surface area contributed by atoms with Gasteiger partial charge >= 0.3 is 0 Å². The molecule has 10 heteroatoms. The Morgan fingerprint density at radius 2 is 1.88 bits per heavy atom. The molecule has 0 bridgehead atoms. The summed E-state index contributed by atoms with van der Waals surface area (Å²) in [6.07, 6.45) is 3.44. The quantitative estimate of drug-likeness (QED) is 0.244. The highest BCUT2D eigenvalue weighted by atomic mass is 35.5. The Kier molecular flexibility index (Phi) is 8.54. The van der Waals surface area contributed by atoms with Crippen LogP contribution < -0.4 is 15.1 Å². The molecule has 4 aromatic rings. The van der Waals surface area contributed by atoms with Crippen molar-refractivity contribution in [1.29, 1.82) is 5.26 Å². The highest BCUT2D eigenvalue weighted by Gasteiger charge is 2.15. The Balaban J connectivity index is 0.00000324. The fraction of sp³-hybridized carbons (Fsp3) is 0.167. The minimum atomic E-state index is 0. The molecule has 0 saturated heterocycles. The van der Waals surface area contributed by atoms with E-state index in [1.54, 1.807) is 13.2 Å². The van der Waals surface area contributed by atoms with Gasteiger partial charge in [0, 0.05) is 18.2 Å². The molecule has 3 N–H and O–H groups in total. The van der Waals surface area contributed by atoms with Crippen molar-refractivity contribution in [3.05, 3.63) is 83.8 Å². The lowest BCUT2D eigenvalue weighted by Crippen LogP contribution is -2.16. The number of halogens is 1. The third kappa shape index (κ3) is 5.88. The molecule has 2 aromatic carbocycles. The molecule has 0 aliphatic heterocycles. The van der Waals surface area contributed by atoms with E-state index in [-0.39, 0.29) is 29.7 Å². The van der Waals surface area contributed by atoms with E-state index in [2.05, 4.69) is 37.6 Å². The zero-order chi connectivity index (χ0) is 23.0. The Hall–Kier alpha value is -3.97. The number of aromatic amines is 1. The zero-order valence-electron chi connectivity index (χ0n) is 18.5. The molecule has 0 amide bonds. The van der Waals surface area contributed by atoms with E-state index >= 15 is 0 Å². The van der Waals surface area contributed by atoms with Crippen molar-refractivity contribution >= 4 is 24.0 Å². The number of nitrogens with one attached hydrogen (secondary N) is 2. The SMILES string of the molecule is COc1cc(CCNCc2ccccc2)ccc1-c1cc(N(O)c2cnc(C#N)cn2)n[nH]1.Cl. The van der Waals surface area contributed by atoms with E-state index in [1.165, 1.54) is 18.0 Å². The van der Waals surface area contributed by atoms with Gasteiger partial charge in [0.15, 0.2) is 17.3 Å². The van der Waals surface area contributed by atoms with Gasteiger partial charge in [0.25, 0.3) is 0 Å². The fourth-order valence-electron chi connectivity index (χ4n) is 3.34. The number of nitriles is 1. The normalized spacial score (nSPS) is 10.3. The molecule has 0 aliphatic rings. The first kappa shape index (κ1) is 24.7. The van der Waals surface area contributed by atoms with Crippen molar-refractivity contribution in [2.75, 3.05) is 18.7 Å². The summed E-state index contributed by atoms with van der Waals surface area (Å²) in [4.78, 5) is 7.92. The van der Waals surface area contributed by atoms with Crippen LogP contribution in [0.2, 0.25) is 0 Å². The predicted octanol–water partition coefficient (Wildman–Crippen LogP) is 4.03. The number of aromatic nitrogens is 4. The number of ether oxygens (including phenoxy) is 1. The van der Waals surface area contributed by atoms with Crippen LogP contribution in [-0.4, -0.2) is 39.0 Å². The van der Waals surface area contributed by atoms with Crippen molar-refractivity contribution in [2.45, 2.75) is 13.0 Å². The van der Waals surface area contributed by atoms with Crippen molar-refractivity contribution in [2.24, 2.45) is 0 Å². The fourth-order valence-corrected chi connectivity index (χ4v) is 3.34. The van der Waals surface area contributed by atoms with E-state index in [9.17, 15) is 5.21 Å². The second kappa shape index (κ2) is 11.8. The zero-order valence-corrected chi connectivity index (χ0v) is 19.3. The van der Waals surface area contributed by atoms with E-state index in [0.29, 0.717) is 11.4 Å². The topological polar surface area (TPSA) is 123 Å². The largest absolute Gasteiger partial charge is 0.496 e. The molecule has 2 aromatic heterocycles. The van der Waals surface area contributed by atoms with Gasteiger partial charge in [0.1, 0.15) is 11.8 Å². The maximum Gasteiger partial charge on any atom is 0.181 e. The first-order valence-corrected chi connectivity index (χ1v) is 10.4. The minimum absolute atomic E-state index is 0. The molecule has 4 rings (SSSR count). The summed E-state index contributed by atoms with van der Waals surface area (Å²) in [5.41, 5.74) is 4.06. The van der Waals surface area contributed by atoms with Gasteiger partial charge in [-0.2, -0.15) is 15.4 Å². The molecule has 34 heavy (non-hydrogen) atoms. The van der Waals surface area contributed by atoms with Crippen molar-refractivity contribution < 1.29 is 9.94 Å². The Morgan fingerprint density at radius 3 is 2.59 bits per heavy atom. The summed E-state index contributed by atoms with van der Waals surface area (Å²) in [5.74, 6) is 1.09. The third-order valence-corrected chi connectivity index (χ3v) is 5.07. The average Bonchev–Trinajstić information content (AvgIpc) is 3.37. The summed E-state index contributed by atoms with van der Waals surface area (Å²) in [6.45, 7) is 1.67. The van der Waals surface area contributed by atoms with E-state index in [0.717, 1.165) is 35.7 Å². The monoisotopic (exact) mass is 477 g/mol. The van der Waals surface area contributed by atoms with Crippen LogP contribution in [0.15, 0.2) is 67.0 Å². The second-order valence-corrected chi connectivity index (χ2v) is 7.27. The maximum atomic E-state index is 10.4. The first-order chi connectivity index (χ1) is 16.2. The van der Waals surface area contributed by atoms with Crippen molar-refractivity contribution in [1.82, 2.24) is 25.5 Å². The van der Waals surface area contributed by atoms with E-state index in [1.807, 2.05) is 42.5 Å². The highest BCUT2D eigenvalue weighted by Crippen LogP contribution is 2.32. The number of rotatable bonds is 9. The number of hydrogen-bond acceptors (Lipinski definition) is 8. The van der Waals surface area contributed by atoms with Crippen LogP contribution in [0.5, 0.6) is 5.75 Å². The number of benzene rings is 2. The smallest absolute Gasteiger partial charge is 0.181 e.